The zero-order chi connectivity index (χ0) is 18.5. The van der Waals surface area contributed by atoms with Crippen LogP contribution in [0.4, 0.5) is 5.13 Å². The lowest BCUT2D eigenvalue weighted by Crippen LogP contribution is -2.14. The summed E-state index contributed by atoms with van der Waals surface area (Å²) in [5.41, 5.74) is 0. The Morgan fingerprint density at radius 3 is 2.73 bits per heavy atom. The van der Waals surface area contributed by atoms with E-state index in [0.717, 1.165) is 5.01 Å². The second-order valence-corrected chi connectivity index (χ2v) is 7.72. The number of amides is 1. The number of benzene rings is 1. The third-order valence-electron chi connectivity index (χ3n) is 3.21. The van der Waals surface area contributed by atoms with E-state index in [1.54, 1.807) is 28.8 Å². The number of rotatable bonds is 7. The van der Waals surface area contributed by atoms with Gasteiger partial charge in [-0.25, -0.2) is 0 Å². The molecule has 1 N–H and O–H groups in total. The van der Waals surface area contributed by atoms with Gasteiger partial charge in [0.15, 0.2) is 11.0 Å². The summed E-state index contributed by atoms with van der Waals surface area (Å²) in [5, 5.41) is 21.2. The summed E-state index contributed by atoms with van der Waals surface area (Å²) in [7, 11) is 1.83. The Morgan fingerprint density at radius 2 is 2.04 bits per heavy atom. The molecule has 0 bridgehead atoms. The number of aromatic nitrogens is 5. The average molecular weight is 411 g/mol. The van der Waals surface area contributed by atoms with Gasteiger partial charge in [-0.3, -0.25) is 10.1 Å². The Hall–Kier alpha value is -2.17. The van der Waals surface area contributed by atoms with E-state index in [-0.39, 0.29) is 18.3 Å². The summed E-state index contributed by atoms with van der Waals surface area (Å²) in [4.78, 5) is 12.0. The molecule has 3 aromatic rings. The molecule has 1 aromatic carbocycles. The first-order valence-corrected chi connectivity index (χ1v) is 9.68. The van der Waals surface area contributed by atoms with Crippen LogP contribution in [0.5, 0.6) is 5.75 Å². The zero-order valence-corrected chi connectivity index (χ0v) is 16.4. The predicted octanol–water partition coefficient (Wildman–Crippen LogP) is 2.94. The summed E-state index contributed by atoms with van der Waals surface area (Å²) in [6.45, 7) is 2.09. The number of hydrogen-bond donors (Lipinski definition) is 1. The molecule has 0 fully saturated rings. The molecule has 0 unspecified atom stereocenters. The lowest BCUT2D eigenvalue weighted by Gasteiger charge is -2.06. The monoisotopic (exact) mass is 410 g/mol. The minimum Gasteiger partial charge on any atom is -0.486 e. The van der Waals surface area contributed by atoms with Crippen molar-refractivity contribution in [2.24, 2.45) is 7.05 Å². The van der Waals surface area contributed by atoms with Crippen LogP contribution >= 0.6 is 34.7 Å². The van der Waals surface area contributed by atoms with Gasteiger partial charge in [0.05, 0.1) is 5.75 Å². The molecule has 0 saturated carbocycles. The first kappa shape index (κ1) is 18.6. The molecule has 2 aromatic heterocycles. The van der Waals surface area contributed by atoms with Crippen molar-refractivity contribution in [3.05, 3.63) is 40.1 Å². The van der Waals surface area contributed by atoms with E-state index in [0.29, 0.717) is 26.9 Å². The molecule has 0 saturated heterocycles. The van der Waals surface area contributed by atoms with E-state index in [2.05, 4.69) is 25.7 Å². The Labute approximate surface area is 162 Å². The maximum Gasteiger partial charge on any atom is 0.236 e. The van der Waals surface area contributed by atoms with E-state index in [4.69, 9.17) is 16.3 Å². The molecule has 136 valence electrons. The van der Waals surface area contributed by atoms with Crippen LogP contribution < -0.4 is 10.1 Å². The number of carbonyl (C=O) groups excluding carboxylic acids is 1. The maximum atomic E-state index is 12.0. The number of carbonyl (C=O) groups is 1. The summed E-state index contributed by atoms with van der Waals surface area (Å²) < 4.78 is 7.46. The Morgan fingerprint density at radius 1 is 1.27 bits per heavy atom. The maximum absolute atomic E-state index is 12.0. The fourth-order valence-corrected chi connectivity index (χ4v) is 3.37. The Kier molecular flexibility index (Phi) is 6.07. The van der Waals surface area contributed by atoms with Gasteiger partial charge in [0.1, 0.15) is 17.4 Å². The standard InChI is InChI=1S/C15H15ClN6O2S2/c1-9-18-20-14(26-9)17-13(23)8-25-15-21-19-12(22(15)2)7-24-11-5-3-10(16)4-6-11/h3-6H,7-8H2,1-2H3,(H,17,20,23). The van der Waals surface area contributed by atoms with Crippen LogP contribution in [0.3, 0.4) is 0 Å². The number of hydrogen-bond acceptors (Lipinski definition) is 8. The van der Waals surface area contributed by atoms with Gasteiger partial charge in [0.25, 0.3) is 0 Å². The topological polar surface area (TPSA) is 94.8 Å². The molecular weight excluding hydrogens is 396 g/mol. The van der Waals surface area contributed by atoms with Crippen molar-refractivity contribution in [2.75, 3.05) is 11.1 Å². The molecule has 8 nitrogen and oxygen atoms in total. The van der Waals surface area contributed by atoms with Gasteiger partial charge in [-0.15, -0.1) is 20.4 Å². The summed E-state index contributed by atoms with van der Waals surface area (Å²) >= 11 is 8.46. The number of ether oxygens (including phenoxy) is 1. The van der Waals surface area contributed by atoms with E-state index in [1.807, 2.05) is 14.0 Å². The fourth-order valence-electron chi connectivity index (χ4n) is 1.91. The van der Waals surface area contributed by atoms with Crippen molar-refractivity contribution >= 4 is 45.7 Å². The zero-order valence-electron chi connectivity index (χ0n) is 14.0. The van der Waals surface area contributed by atoms with Crippen LogP contribution in [0, 0.1) is 6.92 Å². The highest BCUT2D eigenvalue weighted by Crippen LogP contribution is 2.20. The van der Waals surface area contributed by atoms with Crippen LogP contribution in [-0.2, 0) is 18.4 Å². The van der Waals surface area contributed by atoms with Gasteiger partial charge in [-0.1, -0.05) is 34.7 Å². The minimum absolute atomic E-state index is 0.173. The van der Waals surface area contributed by atoms with Gasteiger partial charge < -0.3 is 9.30 Å². The van der Waals surface area contributed by atoms with Crippen LogP contribution in [-0.4, -0.2) is 36.6 Å². The molecule has 3 rings (SSSR count). The molecule has 1 amide bonds. The molecule has 0 atom stereocenters. The normalized spacial score (nSPS) is 10.7. The van der Waals surface area contributed by atoms with Gasteiger partial charge in [0.2, 0.25) is 11.0 Å². The lowest BCUT2D eigenvalue weighted by molar-refractivity contribution is -0.113. The molecule has 0 spiro atoms. The van der Waals surface area contributed by atoms with Crippen LogP contribution in [0.2, 0.25) is 5.02 Å². The number of anilines is 1. The van der Waals surface area contributed by atoms with Gasteiger partial charge in [0, 0.05) is 12.1 Å². The second kappa shape index (κ2) is 8.47. The Bertz CT molecular complexity index is 896. The molecule has 2 heterocycles. The van der Waals surface area contributed by atoms with E-state index >= 15 is 0 Å². The third kappa shape index (κ3) is 4.93. The molecule has 11 heteroatoms. The predicted molar refractivity (Wildman–Crippen MR) is 101 cm³/mol. The average Bonchev–Trinajstić information content (AvgIpc) is 3.18. The molecule has 0 aliphatic heterocycles. The number of nitrogens with zero attached hydrogens (tertiary/aromatic N) is 5. The number of halogens is 1. The van der Waals surface area contributed by atoms with Crippen molar-refractivity contribution < 1.29 is 9.53 Å². The molecule has 0 aliphatic rings. The SMILES string of the molecule is Cc1nnc(NC(=O)CSc2nnc(COc3ccc(Cl)cc3)n2C)s1. The van der Waals surface area contributed by atoms with Crippen molar-refractivity contribution in [3.63, 3.8) is 0 Å². The van der Waals surface area contributed by atoms with Crippen LogP contribution in [0.25, 0.3) is 0 Å². The fraction of sp³-hybridized carbons (Fsp3) is 0.267. The molecule has 0 aliphatic carbocycles. The van der Waals surface area contributed by atoms with E-state index in [9.17, 15) is 4.79 Å². The molecule has 26 heavy (non-hydrogen) atoms. The lowest BCUT2D eigenvalue weighted by atomic mass is 10.3. The van der Waals surface area contributed by atoms with Crippen molar-refractivity contribution in [1.29, 1.82) is 0 Å². The number of thioether (sulfide) groups is 1. The highest BCUT2D eigenvalue weighted by molar-refractivity contribution is 7.99. The second-order valence-electron chi connectivity index (χ2n) is 5.16. The van der Waals surface area contributed by atoms with Gasteiger partial charge >= 0.3 is 0 Å². The summed E-state index contributed by atoms with van der Waals surface area (Å²) in [5.74, 6) is 1.37. The van der Waals surface area contributed by atoms with Crippen LogP contribution in [0.1, 0.15) is 10.8 Å². The Balaban J connectivity index is 1.51. The number of aryl methyl sites for hydroxylation is 1. The first-order chi connectivity index (χ1) is 12.5. The summed E-state index contributed by atoms with van der Waals surface area (Å²) in [6, 6.07) is 7.08. The summed E-state index contributed by atoms with van der Waals surface area (Å²) in [6.07, 6.45) is 0. The van der Waals surface area contributed by atoms with Crippen LogP contribution in [0.15, 0.2) is 29.4 Å². The minimum atomic E-state index is -0.173. The van der Waals surface area contributed by atoms with E-state index < -0.39 is 0 Å². The van der Waals surface area contributed by atoms with E-state index in [1.165, 1.54) is 23.1 Å². The van der Waals surface area contributed by atoms with Crippen molar-refractivity contribution in [1.82, 2.24) is 25.0 Å². The first-order valence-electron chi connectivity index (χ1n) is 7.50. The van der Waals surface area contributed by atoms with Gasteiger partial charge in [-0.05, 0) is 31.2 Å². The van der Waals surface area contributed by atoms with Gasteiger partial charge in [-0.2, -0.15) is 0 Å². The highest BCUT2D eigenvalue weighted by Gasteiger charge is 2.13. The molecular formula is C15H15ClN6O2S2. The van der Waals surface area contributed by atoms with Crippen molar-refractivity contribution in [3.8, 4) is 5.75 Å². The van der Waals surface area contributed by atoms with Crippen molar-refractivity contribution in [2.45, 2.75) is 18.7 Å². The quantitative estimate of drug-likeness (QED) is 0.598. The molecule has 0 radical (unpaired) electrons. The highest BCUT2D eigenvalue weighted by atomic mass is 35.5. The smallest absolute Gasteiger partial charge is 0.236 e. The number of nitrogens with one attached hydrogen (secondary N) is 1. The largest absolute Gasteiger partial charge is 0.486 e. The third-order valence-corrected chi connectivity index (χ3v) is 5.24.